The highest BCUT2D eigenvalue weighted by Gasteiger charge is 2.18. The molecule has 1 aliphatic heterocycles. The van der Waals surface area contributed by atoms with Gasteiger partial charge < -0.3 is 15.6 Å². The minimum atomic E-state index is 0.184. The molecular weight excluding hydrogens is 166 g/mol. The van der Waals surface area contributed by atoms with Crippen LogP contribution in [0.3, 0.4) is 0 Å². The van der Waals surface area contributed by atoms with E-state index >= 15 is 0 Å². The molecule has 1 heterocycles. The lowest BCUT2D eigenvalue weighted by atomic mass is 9.97. The summed E-state index contributed by atoms with van der Waals surface area (Å²) in [7, 11) is 0. The Bertz CT molecular complexity index is 312. The van der Waals surface area contributed by atoms with Gasteiger partial charge in [-0.25, -0.2) is 0 Å². The lowest BCUT2D eigenvalue weighted by molar-refractivity contribution is 0.147. The van der Waals surface area contributed by atoms with Crippen molar-refractivity contribution in [2.45, 2.75) is 6.42 Å². The van der Waals surface area contributed by atoms with Gasteiger partial charge in [-0.3, -0.25) is 0 Å². The monoisotopic (exact) mass is 179 g/mol. The Morgan fingerprint density at radius 2 is 2.38 bits per heavy atom. The molecule has 0 amide bonds. The Hall–Kier alpha value is -1.22. The van der Waals surface area contributed by atoms with Crippen LogP contribution in [0, 0.1) is 5.92 Å². The third-order valence-corrected chi connectivity index (χ3v) is 2.33. The summed E-state index contributed by atoms with van der Waals surface area (Å²) in [5, 5.41) is 8.97. The highest BCUT2D eigenvalue weighted by atomic mass is 16.5. The van der Waals surface area contributed by atoms with Gasteiger partial charge in [-0.2, -0.15) is 0 Å². The van der Waals surface area contributed by atoms with Gasteiger partial charge in [-0.15, -0.1) is 0 Å². The van der Waals surface area contributed by atoms with Crippen LogP contribution in [0.1, 0.15) is 5.56 Å². The molecule has 1 aromatic rings. The summed E-state index contributed by atoms with van der Waals surface area (Å²) in [6.07, 6.45) is 0.881. The second kappa shape index (κ2) is 3.26. The SMILES string of the molecule is Nc1ccc2c(c1)OC[C@H](CO)C2. The standard InChI is InChI=1S/C10H13NO2/c11-9-2-1-8-3-7(5-12)6-13-10(8)4-9/h1-2,4,7,12H,3,5-6,11H2/t7-/m0/s1. The van der Waals surface area contributed by atoms with E-state index in [0.717, 1.165) is 23.4 Å². The van der Waals surface area contributed by atoms with Crippen molar-refractivity contribution in [2.24, 2.45) is 5.92 Å². The Labute approximate surface area is 77.1 Å². The van der Waals surface area contributed by atoms with E-state index in [1.54, 1.807) is 0 Å². The fraction of sp³-hybridized carbons (Fsp3) is 0.400. The van der Waals surface area contributed by atoms with Crippen LogP contribution < -0.4 is 10.5 Å². The fourth-order valence-corrected chi connectivity index (χ4v) is 1.57. The van der Waals surface area contributed by atoms with Crippen LogP contribution in [-0.4, -0.2) is 18.3 Å². The molecule has 0 radical (unpaired) electrons. The number of hydrogen-bond donors (Lipinski definition) is 2. The summed E-state index contributed by atoms with van der Waals surface area (Å²) >= 11 is 0. The van der Waals surface area contributed by atoms with E-state index in [9.17, 15) is 0 Å². The van der Waals surface area contributed by atoms with Crippen molar-refractivity contribution in [1.29, 1.82) is 0 Å². The molecule has 3 nitrogen and oxygen atoms in total. The maximum absolute atomic E-state index is 8.97. The van der Waals surface area contributed by atoms with Gasteiger partial charge in [-0.1, -0.05) is 6.07 Å². The molecular formula is C10H13NO2. The van der Waals surface area contributed by atoms with E-state index in [2.05, 4.69) is 0 Å². The Kier molecular flexibility index (Phi) is 2.10. The minimum absolute atomic E-state index is 0.184. The van der Waals surface area contributed by atoms with Crippen LogP contribution in [0.25, 0.3) is 0 Å². The molecule has 0 unspecified atom stereocenters. The summed E-state index contributed by atoms with van der Waals surface area (Å²) < 4.78 is 5.47. The molecule has 3 N–H and O–H groups in total. The largest absolute Gasteiger partial charge is 0.493 e. The Morgan fingerprint density at radius 3 is 3.15 bits per heavy atom. The number of hydrogen-bond acceptors (Lipinski definition) is 3. The summed E-state index contributed by atoms with van der Waals surface area (Å²) in [4.78, 5) is 0. The Balaban J connectivity index is 2.26. The van der Waals surface area contributed by atoms with Crippen LogP contribution in [0.5, 0.6) is 5.75 Å². The number of benzene rings is 1. The average Bonchev–Trinajstić information content (AvgIpc) is 2.17. The highest BCUT2D eigenvalue weighted by molar-refractivity contribution is 5.49. The summed E-state index contributed by atoms with van der Waals surface area (Å²) in [5.41, 5.74) is 7.48. The van der Waals surface area contributed by atoms with E-state index in [-0.39, 0.29) is 12.5 Å². The number of fused-ring (bicyclic) bond motifs is 1. The second-order valence-corrected chi connectivity index (χ2v) is 3.43. The predicted octanol–water partition coefficient (Wildman–Crippen LogP) is 0.812. The van der Waals surface area contributed by atoms with E-state index in [4.69, 9.17) is 15.6 Å². The van der Waals surface area contributed by atoms with E-state index in [1.165, 1.54) is 0 Å². The first-order valence-electron chi connectivity index (χ1n) is 4.41. The van der Waals surface area contributed by atoms with Gasteiger partial charge in [0.1, 0.15) is 5.75 Å². The first-order chi connectivity index (χ1) is 6.29. The van der Waals surface area contributed by atoms with E-state index < -0.39 is 0 Å². The van der Waals surface area contributed by atoms with E-state index in [1.807, 2.05) is 18.2 Å². The number of nitrogens with two attached hydrogens (primary N) is 1. The zero-order valence-electron chi connectivity index (χ0n) is 7.36. The molecule has 1 aromatic carbocycles. The first-order valence-corrected chi connectivity index (χ1v) is 4.41. The predicted molar refractivity (Wildman–Crippen MR) is 50.6 cm³/mol. The molecule has 0 bridgehead atoms. The molecule has 1 atom stereocenters. The van der Waals surface area contributed by atoms with Crippen LogP contribution in [-0.2, 0) is 6.42 Å². The van der Waals surface area contributed by atoms with Gasteiger partial charge in [-0.05, 0) is 18.1 Å². The lowest BCUT2D eigenvalue weighted by Crippen LogP contribution is -2.23. The van der Waals surface area contributed by atoms with Crippen molar-refractivity contribution in [3.8, 4) is 5.75 Å². The zero-order chi connectivity index (χ0) is 9.26. The number of nitrogen functional groups attached to an aromatic ring is 1. The second-order valence-electron chi connectivity index (χ2n) is 3.43. The molecule has 1 aliphatic rings. The van der Waals surface area contributed by atoms with Crippen molar-refractivity contribution in [3.63, 3.8) is 0 Å². The van der Waals surface area contributed by atoms with Crippen molar-refractivity contribution in [2.75, 3.05) is 18.9 Å². The van der Waals surface area contributed by atoms with Crippen molar-refractivity contribution in [3.05, 3.63) is 23.8 Å². The molecule has 0 spiro atoms. The topological polar surface area (TPSA) is 55.5 Å². The number of anilines is 1. The van der Waals surface area contributed by atoms with E-state index in [0.29, 0.717) is 6.61 Å². The highest BCUT2D eigenvalue weighted by Crippen LogP contribution is 2.28. The van der Waals surface area contributed by atoms with Crippen LogP contribution >= 0.6 is 0 Å². The zero-order valence-corrected chi connectivity index (χ0v) is 7.36. The molecule has 70 valence electrons. The first kappa shape index (κ1) is 8.38. The van der Waals surface area contributed by atoms with Crippen LogP contribution in [0.4, 0.5) is 5.69 Å². The smallest absolute Gasteiger partial charge is 0.124 e. The molecule has 0 aliphatic carbocycles. The molecule has 0 saturated heterocycles. The summed E-state index contributed by atoms with van der Waals surface area (Å²) in [6, 6.07) is 5.66. The Morgan fingerprint density at radius 1 is 1.54 bits per heavy atom. The van der Waals surface area contributed by atoms with Gasteiger partial charge in [0, 0.05) is 24.3 Å². The number of aliphatic hydroxyl groups excluding tert-OH is 1. The average molecular weight is 179 g/mol. The summed E-state index contributed by atoms with van der Waals surface area (Å²) in [6.45, 7) is 0.775. The van der Waals surface area contributed by atoms with Crippen molar-refractivity contribution < 1.29 is 9.84 Å². The maximum atomic E-state index is 8.97. The van der Waals surface area contributed by atoms with Crippen molar-refractivity contribution >= 4 is 5.69 Å². The minimum Gasteiger partial charge on any atom is -0.493 e. The third-order valence-electron chi connectivity index (χ3n) is 2.33. The lowest BCUT2D eigenvalue weighted by Gasteiger charge is -2.23. The quantitative estimate of drug-likeness (QED) is 0.627. The maximum Gasteiger partial charge on any atom is 0.124 e. The molecule has 0 fully saturated rings. The van der Waals surface area contributed by atoms with Gasteiger partial charge in [0.25, 0.3) is 0 Å². The molecule has 0 aromatic heterocycles. The molecule has 2 rings (SSSR count). The van der Waals surface area contributed by atoms with Crippen molar-refractivity contribution in [1.82, 2.24) is 0 Å². The number of rotatable bonds is 1. The number of aliphatic hydroxyl groups is 1. The normalized spacial score (nSPS) is 20.5. The molecule has 13 heavy (non-hydrogen) atoms. The van der Waals surface area contributed by atoms with Gasteiger partial charge in [0.2, 0.25) is 0 Å². The van der Waals surface area contributed by atoms with Crippen LogP contribution in [0.15, 0.2) is 18.2 Å². The van der Waals surface area contributed by atoms with Gasteiger partial charge in [0.15, 0.2) is 0 Å². The summed E-state index contributed by atoms with van der Waals surface area (Å²) in [5.74, 6) is 1.10. The molecule has 3 heteroatoms. The fourth-order valence-electron chi connectivity index (χ4n) is 1.57. The molecule has 0 saturated carbocycles. The van der Waals surface area contributed by atoms with Gasteiger partial charge in [0.05, 0.1) is 6.61 Å². The van der Waals surface area contributed by atoms with Crippen LogP contribution in [0.2, 0.25) is 0 Å². The van der Waals surface area contributed by atoms with Gasteiger partial charge >= 0.3 is 0 Å². The number of ether oxygens (including phenoxy) is 1. The third kappa shape index (κ3) is 1.60.